The highest BCUT2D eigenvalue weighted by molar-refractivity contribution is 5.85. The topological polar surface area (TPSA) is 57.5 Å². The predicted molar refractivity (Wildman–Crippen MR) is 130 cm³/mol. The molecule has 0 aromatic rings. The number of Topliss-reactive ketones (excluding diaryl/α,β-unsaturated/α-hetero) is 1. The molecular formula is C29H48O3. The van der Waals surface area contributed by atoms with Crippen molar-refractivity contribution in [2.45, 2.75) is 123 Å². The smallest absolute Gasteiger partial charge is 0.161 e. The van der Waals surface area contributed by atoms with E-state index in [4.69, 9.17) is 0 Å². The first-order chi connectivity index (χ1) is 14.8. The molecule has 0 amide bonds. The molecule has 0 spiro atoms. The zero-order valence-electron chi connectivity index (χ0n) is 21.5. The van der Waals surface area contributed by atoms with E-state index in [0.29, 0.717) is 24.2 Å². The zero-order chi connectivity index (χ0) is 23.5. The Bertz CT molecular complexity index is 763. The van der Waals surface area contributed by atoms with Gasteiger partial charge in [0.05, 0.1) is 5.60 Å². The molecule has 0 aromatic carbocycles. The molecule has 0 bridgehead atoms. The minimum atomic E-state index is -1.13. The van der Waals surface area contributed by atoms with Crippen LogP contribution >= 0.6 is 0 Å². The van der Waals surface area contributed by atoms with Gasteiger partial charge in [0.2, 0.25) is 0 Å². The summed E-state index contributed by atoms with van der Waals surface area (Å²) in [5.41, 5.74) is 0.323. The number of ketones is 1. The van der Waals surface area contributed by atoms with Gasteiger partial charge in [0.15, 0.2) is 5.78 Å². The molecule has 32 heavy (non-hydrogen) atoms. The molecule has 3 saturated carbocycles. The summed E-state index contributed by atoms with van der Waals surface area (Å²) >= 11 is 0. The number of fused-ring (bicyclic) bond motifs is 5. The van der Waals surface area contributed by atoms with Crippen molar-refractivity contribution in [2.24, 2.45) is 40.4 Å². The number of hydrogen-bond acceptors (Lipinski definition) is 3. The highest BCUT2D eigenvalue weighted by Gasteiger charge is 2.60. The highest BCUT2D eigenvalue weighted by atomic mass is 16.3. The van der Waals surface area contributed by atoms with E-state index in [1.165, 1.54) is 37.7 Å². The molecule has 0 aliphatic heterocycles. The maximum absolute atomic E-state index is 12.1. The molecule has 3 heteroatoms. The number of rotatable bonds is 6. The third kappa shape index (κ3) is 4.04. The van der Waals surface area contributed by atoms with E-state index in [-0.39, 0.29) is 11.2 Å². The second kappa shape index (κ2) is 8.22. The summed E-state index contributed by atoms with van der Waals surface area (Å²) in [5.74, 6) is 3.76. The van der Waals surface area contributed by atoms with Crippen LogP contribution in [0.2, 0.25) is 0 Å². The standard InChI is InChI=1S/C29H48O3/c1-19(8-7-14-26(3,4)31)23-11-12-24-22-10-9-21-18-29(32,20(2)30)17-16-27(21,5)25(22)13-15-28(23,24)6/h9,19,22-25,31-32H,7-8,10-18H2,1-6H3/t19-,22+,23-,24+,25+,27+,28-,29+/m1/s1. The SMILES string of the molecule is CC(=O)[C@]1(O)CC[C@@]2(C)C(=CC[C@H]3[C@@H]4CC[C@H]([C@H](C)CCCC(C)(C)O)[C@@]4(C)CC[C@@H]32)C1. The van der Waals surface area contributed by atoms with Crippen LogP contribution in [0.5, 0.6) is 0 Å². The first kappa shape index (κ1) is 24.5. The van der Waals surface area contributed by atoms with Crippen molar-refractivity contribution in [2.75, 3.05) is 0 Å². The van der Waals surface area contributed by atoms with Crippen LogP contribution in [0, 0.1) is 40.4 Å². The van der Waals surface area contributed by atoms with Crippen LogP contribution in [0.1, 0.15) is 112 Å². The van der Waals surface area contributed by atoms with Crippen molar-refractivity contribution in [1.82, 2.24) is 0 Å². The fraction of sp³-hybridized carbons (Fsp3) is 0.897. The minimum absolute atomic E-state index is 0.0593. The van der Waals surface area contributed by atoms with Gasteiger partial charge >= 0.3 is 0 Å². The maximum Gasteiger partial charge on any atom is 0.161 e. The Morgan fingerprint density at radius 1 is 1.16 bits per heavy atom. The molecule has 8 atom stereocenters. The van der Waals surface area contributed by atoms with Gasteiger partial charge in [-0.2, -0.15) is 0 Å². The van der Waals surface area contributed by atoms with Crippen LogP contribution in [0.4, 0.5) is 0 Å². The van der Waals surface area contributed by atoms with Gasteiger partial charge in [-0.25, -0.2) is 0 Å². The van der Waals surface area contributed by atoms with Gasteiger partial charge in [0.1, 0.15) is 5.60 Å². The van der Waals surface area contributed by atoms with Crippen LogP contribution in [0.3, 0.4) is 0 Å². The van der Waals surface area contributed by atoms with Crippen molar-refractivity contribution in [3.63, 3.8) is 0 Å². The Balaban J connectivity index is 1.49. The van der Waals surface area contributed by atoms with E-state index in [2.05, 4.69) is 26.8 Å². The Morgan fingerprint density at radius 3 is 2.53 bits per heavy atom. The van der Waals surface area contributed by atoms with Crippen molar-refractivity contribution in [3.05, 3.63) is 11.6 Å². The van der Waals surface area contributed by atoms with Gasteiger partial charge in [-0.1, -0.05) is 45.3 Å². The lowest BCUT2D eigenvalue weighted by Crippen LogP contribution is -2.53. The summed E-state index contributed by atoms with van der Waals surface area (Å²) in [6.07, 6.45) is 14.4. The van der Waals surface area contributed by atoms with E-state index in [9.17, 15) is 15.0 Å². The Hall–Kier alpha value is -0.670. The number of aliphatic hydroxyl groups is 2. The average molecular weight is 445 g/mol. The first-order valence-electron chi connectivity index (χ1n) is 13.5. The molecular weight excluding hydrogens is 396 g/mol. The normalized spacial score (nSPS) is 44.8. The summed E-state index contributed by atoms with van der Waals surface area (Å²) in [6.45, 7) is 12.9. The molecule has 0 radical (unpaired) electrons. The zero-order valence-corrected chi connectivity index (χ0v) is 21.5. The van der Waals surface area contributed by atoms with Crippen molar-refractivity contribution in [1.29, 1.82) is 0 Å². The van der Waals surface area contributed by atoms with Crippen LogP contribution in [0.25, 0.3) is 0 Å². The Morgan fingerprint density at radius 2 is 1.88 bits per heavy atom. The second-order valence-electron chi connectivity index (χ2n) is 13.4. The van der Waals surface area contributed by atoms with Gasteiger partial charge in [-0.05, 0) is 113 Å². The Labute approximate surface area is 196 Å². The third-order valence-corrected chi connectivity index (χ3v) is 11.0. The molecule has 182 valence electrons. The minimum Gasteiger partial charge on any atom is -0.390 e. The molecule has 0 saturated heterocycles. The number of carbonyl (C=O) groups is 1. The van der Waals surface area contributed by atoms with E-state index in [1.54, 1.807) is 6.92 Å². The monoisotopic (exact) mass is 444 g/mol. The molecule has 3 fully saturated rings. The first-order valence-corrected chi connectivity index (χ1v) is 13.5. The fourth-order valence-corrected chi connectivity index (χ4v) is 8.98. The fourth-order valence-electron chi connectivity index (χ4n) is 8.98. The third-order valence-electron chi connectivity index (χ3n) is 11.0. The lowest BCUT2D eigenvalue weighted by molar-refractivity contribution is -0.140. The van der Waals surface area contributed by atoms with Gasteiger partial charge < -0.3 is 10.2 Å². The van der Waals surface area contributed by atoms with Crippen LogP contribution in [-0.2, 0) is 4.79 Å². The average Bonchev–Trinajstić information content (AvgIpc) is 3.05. The summed E-state index contributed by atoms with van der Waals surface area (Å²) in [5, 5.41) is 21.0. The lowest BCUT2D eigenvalue weighted by Gasteiger charge is -2.59. The van der Waals surface area contributed by atoms with Crippen LogP contribution in [0.15, 0.2) is 11.6 Å². The molecule has 4 rings (SSSR count). The molecule has 0 heterocycles. The van der Waals surface area contributed by atoms with Crippen LogP contribution < -0.4 is 0 Å². The largest absolute Gasteiger partial charge is 0.390 e. The molecule has 2 N–H and O–H groups in total. The quantitative estimate of drug-likeness (QED) is 0.462. The Kier molecular flexibility index (Phi) is 6.28. The van der Waals surface area contributed by atoms with Crippen molar-refractivity contribution in [3.8, 4) is 0 Å². The summed E-state index contributed by atoms with van der Waals surface area (Å²) in [6, 6.07) is 0. The second-order valence-corrected chi connectivity index (χ2v) is 13.4. The van der Waals surface area contributed by atoms with E-state index < -0.39 is 11.2 Å². The van der Waals surface area contributed by atoms with E-state index >= 15 is 0 Å². The van der Waals surface area contributed by atoms with Crippen molar-refractivity contribution < 1.29 is 15.0 Å². The van der Waals surface area contributed by atoms with Gasteiger partial charge in [0, 0.05) is 6.42 Å². The summed E-state index contributed by atoms with van der Waals surface area (Å²) in [7, 11) is 0. The van der Waals surface area contributed by atoms with Gasteiger partial charge in [-0.15, -0.1) is 0 Å². The van der Waals surface area contributed by atoms with Gasteiger partial charge in [-0.3, -0.25) is 4.79 Å². The van der Waals surface area contributed by atoms with Crippen LogP contribution in [-0.4, -0.2) is 27.2 Å². The lowest BCUT2D eigenvalue weighted by atomic mass is 9.46. The summed E-state index contributed by atoms with van der Waals surface area (Å²) < 4.78 is 0. The molecule has 0 unspecified atom stereocenters. The molecule has 4 aliphatic rings. The maximum atomic E-state index is 12.1. The van der Waals surface area contributed by atoms with E-state index in [1.807, 2.05) is 13.8 Å². The van der Waals surface area contributed by atoms with Gasteiger partial charge in [0.25, 0.3) is 0 Å². The number of carbonyl (C=O) groups excluding carboxylic acids is 1. The molecule has 0 aromatic heterocycles. The van der Waals surface area contributed by atoms with Crippen molar-refractivity contribution >= 4 is 5.78 Å². The molecule has 3 nitrogen and oxygen atoms in total. The predicted octanol–water partition coefficient (Wildman–Crippen LogP) is 6.46. The number of allylic oxidation sites excluding steroid dienone is 1. The van der Waals surface area contributed by atoms with E-state index in [0.717, 1.165) is 49.4 Å². The highest BCUT2D eigenvalue weighted by Crippen LogP contribution is 2.67. The number of hydrogen-bond donors (Lipinski definition) is 2. The summed E-state index contributed by atoms with van der Waals surface area (Å²) in [4.78, 5) is 12.1. The molecule has 4 aliphatic carbocycles.